The van der Waals surface area contributed by atoms with Crippen molar-refractivity contribution in [1.29, 1.82) is 0 Å². The minimum atomic E-state index is -3.68. The highest BCUT2D eigenvalue weighted by molar-refractivity contribution is 7.91. The largest absolute Gasteiger partial charge is 0.376 e. The molecule has 6 nitrogen and oxygen atoms in total. The number of amides is 1. The van der Waals surface area contributed by atoms with Crippen LogP contribution in [0.2, 0.25) is 0 Å². The van der Waals surface area contributed by atoms with Crippen LogP contribution in [0.5, 0.6) is 0 Å². The van der Waals surface area contributed by atoms with Crippen LogP contribution in [0.3, 0.4) is 0 Å². The molecular weight excluding hydrogens is 376 g/mol. The molecule has 0 aliphatic carbocycles. The van der Waals surface area contributed by atoms with E-state index in [1.165, 1.54) is 0 Å². The number of fused-ring (bicyclic) bond motifs is 1. The summed E-state index contributed by atoms with van der Waals surface area (Å²) < 4.78 is 33.4. The molecular formula is C21H22N2O4S. The van der Waals surface area contributed by atoms with E-state index in [9.17, 15) is 13.2 Å². The van der Waals surface area contributed by atoms with Gasteiger partial charge in [-0.1, -0.05) is 36.4 Å². The molecule has 1 fully saturated rings. The van der Waals surface area contributed by atoms with Gasteiger partial charge in [-0.3, -0.25) is 4.79 Å². The van der Waals surface area contributed by atoms with Crippen molar-refractivity contribution >= 4 is 26.6 Å². The van der Waals surface area contributed by atoms with Crippen LogP contribution >= 0.6 is 0 Å². The second-order valence-electron chi connectivity index (χ2n) is 6.89. The van der Waals surface area contributed by atoms with Gasteiger partial charge >= 0.3 is 0 Å². The van der Waals surface area contributed by atoms with Crippen LogP contribution in [0.4, 0.5) is 0 Å². The fourth-order valence-electron chi connectivity index (χ4n) is 3.53. The summed E-state index contributed by atoms with van der Waals surface area (Å²) >= 11 is 0. The first-order valence-electron chi connectivity index (χ1n) is 9.32. The zero-order valence-electron chi connectivity index (χ0n) is 15.4. The van der Waals surface area contributed by atoms with E-state index in [2.05, 4.69) is 5.32 Å². The van der Waals surface area contributed by atoms with Gasteiger partial charge in [0.2, 0.25) is 15.7 Å². The molecule has 2 heterocycles. The summed E-state index contributed by atoms with van der Waals surface area (Å²) in [4.78, 5) is 12.9. The first-order valence-corrected chi connectivity index (χ1v) is 10.8. The van der Waals surface area contributed by atoms with E-state index >= 15 is 0 Å². The van der Waals surface area contributed by atoms with Gasteiger partial charge in [-0.15, -0.1) is 0 Å². The first-order chi connectivity index (χ1) is 13.6. The molecule has 1 aliphatic heterocycles. The van der Waals surface area contributed by atoms with Crippen molar-refractivity contribution < 1.29 is 17.9 Å². The minimum absolute atomic E-state index is 0.0531. The van der Waals surface area contributed by atoms with Crippen molar-refractivity contribution in [2.45, 2.75) is 35.3 Å². The van der Waals surface area contributed by atoms with E-state index in [0.717, 1.165) is 19.4 Å². The summed E-state index contributed by atoms with van der Waals surface area (Å²) in [6.45, 7) is 1.27. The van der Waals surface area contributed by atoms with E-state index in [1.807, 2.05) is 12.1 Å². The van der Waals surface area contributed by atoms with Crippen LogP contribution < -0.4 is 5.32 Å². The maximum absolute atomic E-state index is 13.1. The Hall–Kier alpha value is -2.64. The summed E-state index contributed by atoms with van der Waals surface area (Å²) in [5.41, 5.74) is 0.712. The number of carbonyl (C=O) groups excluding carboxylic acids is 1. The second-order valence-corrected chi connectivity index (χ2v) is 8.81. The molecule has 1 aromatic heterocycles. The van der Waals surface area contributed by atoms with E-state index in [1.54, 1.807) is 53.2 Å². The number of carbonyl (C=O) groups is 1. The van der Waals surface area contributed by atoms with Gasteiger partial charge < -0.3 is 14.6 Å². The summed E-state index contributed by atoms with van der Waals surface area (Å²) in [6, 6.07) is 15.6. The van der Waals surface area contributed by atoms with E-state index in [4.69, 9.17) is 4.74 Å². The molecule has 0 saturated carbocycles. The molecule has 7 heteroatoms. The molecule has 0 radical (unpaired) electrons. The molecule has 1 N–H and O–H groups in total. The number of nitrogens with zero attached hydrogens (tertiary/aromatic N) is 1. The Labute approximate surface area is 164 Å². The van der Waals surface area contributed by atoms with Crippen LogP contribution in [-0.2, 0) is 25.9 Å². The fourth-order valence-corrected chi connectivity index (χ4v) is 5.03. The lowest BCUT2D eigenvalue weighted by molar-refractivity contribution is -0.122. The third kappa shape index (κ3) is 3.68. The van der Waals surface area contributed by atoms with Crippen molar-refractivity contribution in [2.24, 2.45) is 0 Å². The monoisotopic (exact) mass is 398 g/mol. The molecule has 3 aromatic rings. The lowest BCUT2D eigenvalue weighted by Gasteiger charge is -2.11. The molecule has 28 heavy (non-hydrogen) atoms. The lowest BCUT2D eigenvalue weighted by Crippen LogP contribution is -2.34. The molecule has 2 aromatic carbocycles. The quantitative estimate of drug-likeness (QED) is 0.693. The van der Waals surface area contributed by atoms with Gasteiger partial charge in [0.1, 0.15) is 6.54 Å². The Morgan fingerprint density at radius 1 is 1.11 bits per heavy atom. The molecule has 4 rings (SSSR count). The number of benzene rings is 2. The standard InChI is InChI=1S/C21H22N2O4S/c24-21(22-13-16-7-6-12-27-16)15-23-14-20(18-10-4-5-11-19(18)23)28(25,26)17-8-2-1-3-9-17/h1-5,8-11,14,16H,6-7,12-13,15H2,(H,22,24)/t16-/m0/s1. The highest BCUT2D eigenvalue weighted by Crippen LogP contribution is 2.30. The molecule has 1 atom stereocenters. The van der Waals surface area contributed by atoms with Crippen molar-refractivity contribution in [1.82, 2.24) is 9.88 Å². The SMILES string of the molecule is O=C(Cn1cc(S(=O)(=O)c2ccccc2)c2ccccc21)NC[C@@H]1CCCO1. The number of hydrogen-bond acceptors (Lipinski definition) is 4. The number of para-hydroxylation sites is 1. The number of nitrogens with one attached hydrogen (secondary N) is 1. The summed E-state index contributed by atoms with van der Waals surface area (Å²) in [6.07, 6.45) is 3.59. The molecule has 0 unspecified atom stereocenters. The van der Waals surface area contributed by atoms with Crippen molar-refractivity contribution in [3.05, 3.63) is 60.8 Å². The fraction of sp³-hybridized carbons (Fsp3) is 0.286. The molecule has 1 amide bonds. The van der Waals surface area contributed by atoms with Crippen LogP contribution in [0.25, 0.3) is 10.9 Å². The molecule has 0 bridgehead atoms. The zero-order valence-corrected chi connectivity index (χ0v) is 16.2. The van der Waals surface area contributed by atoms with E-state index in [-0.39, 0.29) is 28.3 Å². The van der Waals surface area contributed by atoms with Gasteiger partial charge in [-0.25, -0.2) is 8.42 Å². The number of hydrogen-bond donors (Lipinski definition) is 1. The van der Waals surface area contributed by atoms with Gasteiger partial charge in [0.05, 0.1) is 15.9 Å². The van der Waals surface area contributed by atoms with Gasteiger partial charge in [-0.2, -0.15) is 0 Å². The third-order valence-electron chi connectivity index (χ3n) is 4.96. The maximum Gasteiger partial charge on any atom is 0.240 e. The molecule has 1 aliphatic rings. The summed E-state index contributed by atoms with van der Waals surface area (Å²) in [5.74, 6) is -0.167. The summed E-state index contributed by atoms with van der Waals surface area (Å²) in [7, 11) is -3.68. The number of aromatic nitrogens is 1. The predicted octanol–water partition coefficient (Wildman–Crippen LogP) is 2.77. The maximum atomic E-state index is 13.1. The zero-order chi connectivity index (χ0) is 19.6. The average Bonchev–Trinajstić information content (AvgIpc) is 3.36. The molecule has 0 spiro atoms. The van der Waals surface area contributed by atoms with Gasteiger partial charge in [0.25, 0.3) is 0 Å². The third-order valence-corrected chi connectivity index (χ3v) is 6.76. The molecule has 146 valence electrons. The van der Waals surface area contributed by atoms with Gasteiger partial charge in [0, 0.05) is 30.3 Å². The van der Waals surface area contributed by atoms with Crippen molar-refractivity contribution in [3.8, 4) is 0 Å². The van der Waals surface area contributed by atoms with E-state index in [0.29, 0.717) is 17.4 Å². The van der Waals surface area contributed by atoms with Gasteiger partial charge in [0.15, 0.2) is 0 Å². The number of rotatable bonds is 6. The minimum Gasteiger partial charge on any atom is -0.376 e. The predicted molar refractivity (Wildman–Crippen MR) is 106 cm³/mol. The van der Waals surface area contributed by atoms with Crippen LogP contribution in [0.15, 0.2) is 70.6 Å². The Morgan fingerprint density at radius 3 is 2.61 bits per heavy atom. The van der Waals surface area contributed by atoms with E-state index < -0.39 is 9.84 Å². The lowest BCUT2D eigenvalue weighted by atomic mass is 10.2. The first kappa shape index (κ1) is 18.7. The topological polar surface area (TPSA) is 77.4 Å². The smallest absolute Gasteiger partial charge is 0.240 e. The number of sulfone groups is 1. The Bertz CT molecular complexity index is 1080. The molecule has 1 saturated heterocycles. The Kier molecular flexibility index (Phi) is 5.19. The van der Waals surface area contributed by atoms with Gasteiger partial charge in [-0.05, 0) is 31.0 Å². The Balaban J connectivity index is 1.62. The second kappa shape index (κ2) is 7.77. The van der Waals surface area contributed by atoms with Crippen LogP contribution in [0.1, 0.15) is 12.8 Å². The van der Waals surface area contributed by atoms with Crippen molar-refractivity contribution in [2.75, 3.05) is 13.2 Å². The highest BCUT2D eigenvalue weighted by atomic mass is 32.2. The van der Waals surface area contributed by atoms with Crippen molar-refractivity contribution in [3.63, 3.8) is 0 Å². The average molecular weight is 398 g/mol. The summed E-state index contributed by atoms with van der Waals surface area (Å²) in [5, 5.41) is 3.49. The normalized spacial score (nSPS) is 17.1. The van der Waals surface area contributed by atoms with Crippen LogP contribution in [-0.4, -0.2) is 38.1 Å². The number of ether oxygens (including phenoxy) is 1. The van der Waals surface area contributed by atoms with Crippen LogP contribution in [0, 0.1) is 0 Å². The highest BCUT2D eigenvalue weighted by Gasteiger charge is 2.24. The Morgan fingerprint density at radius 2 is 1.86 bits per heavy atom.